The number of amides is 1. The Kier molecular flexibility index (Phi) is 7.67. The van der Waals surface area contributed by atoms with E-state index in [9.17, 15) is 9.18 Å². The summed E-state index contributed by atoms with van der Waals surface area (Å²) >= 11 is 0. The van der Waals surface area contributed by atoms with Gasteiger partial charge in [0, 0.05) is 24.6 Å². The number of carbonyl (C=O) groups is 1. The molecule has 2 fully saturated rings. The number of primary amides is 1. The fourth-order valence-electron chi connectivity index (χ4n) is 6.79. The summed E-state index contributed by atoms with van der Waals surface area (Å²) in [6.45, 7) is 6.85. The highest BCUT2D eigenvalue weighted by atomic mass is 19.1. The second kappa shape index (κ2) is 11.5. The van der Waals surface area contributed by atoms with Crippen molar-refractivity contribution in [2.24, 2.45) is 17.6 Å². The Morgan fingerprint density at radius 1 is 1.02 bits per heavy atom. The number of benzene rings is 3. The number of nitrogens with zero attached hydrogens (tertiary/aromatic N) is 2. The van der Waals surface area contributed by atoms with Crippen molar-refractivity contribution >= 4 is 17.0 Å². The van der Waals surface area contributed by atoms with Crippen LogP contribution in [-0.2, 0) is 13.0 Å². The third kappa shape index (κ3) is 5.53. The van der Waals surface area contributed by atoms with E-state index in [1.807, 2.05) is 13.8 Å². The van der Waals surface area contributed by atoms with Gasteiger partial charge in [-0.1, -0.05) is 12.1 Å². The first kappa shape index (κ1) is 27.3. The predicted molar refractivity (Wildman–Crippen MR) is 155 cm³/mol. The first-order valence-corrected chi connectivity index (χ1v) is 14.5. The van der Waals surface area contributed by atoms with Crippen LogP contribution in [0.15, 0.2) is 59.0 Å². The highest BCUT2D eigenvalue weighted by Gasteiger charge is 2.44. The van der Waals surface area contributed by atoms with Crippen molar-refractivity contribution in [2.45, 2.75) is 52.1 Å². The van der Waals surface area contributed by atoms with E-state index in [4.69, 9.17) is 19.6 Å². The normalized spacial score (nSPS) is 20.4. The number of fused-ring (bicyclic) bond motifs is 2. The lowest BCUT2D eigenvalue weighted by atomic mass is 9.90. The Morgan fingerprint density at radius 3 is 2.44 bits per heavy atom. The van der Waals surface area contributed by atoms with Crippen molar-refractivity contribution < 1.29 is 23.1 Å². The molecule has 2 aliphatic rings. The van der Waals surface area contributed by atoms with Crippen molar-refractivity contribution in [3.05, 3.63) is 77.4 Å². The highest BCUT2D eigenvalue weighted by molar-refractivity contribution is 5.95. The van der Waals surface area contributed by atoms with Gasteiger partial charge in [0.15, 0.2) is 11.5 Å². The van der Waals surface area contributed by atoms with Gasteiger partial charge in [-0.15, -0.1) is 0 Å². The number of ether oxygens (including phenoxy) is 2. The summed E-state index contributed by atoms with van der Waals surface area (Å²) in [5, 5.41) is 0. The molecule has 2 N–H and O–H groups in total. The molecule has 41 heavy (non-hydrogen) atoms. The van der Waals surface area contributed by atoms with Gasteiger partial charge in [0.05, 0.1) is 18.8 Å². The molecule has 0 spiro atoms. The Labute approximate surface area is 239 Å². The summed E-state index contributed by atoms with van der Waals surface area (Å²) in [6, 6.07) is 16.4. The van der Waals surface area contributed by atoms with Crippen molar-refractivity contribution in [2.75, 3.05) is 19.8 Å². The molecule has 1 saturated heterocycles. The Hall–Kier alpha value is -3.91. The zero-order chi connectivity index (χ0) is 28.5. The number of halogens is 1. The number of hydrogen-bond donors (Lipinski definition) is 1. The van der Waals surface area contributed by atoms with Crippen LogP contribution < -0.4 is 15.2 Å². The fourth-order valence-corrected chi connectivity index (χ4v) is 6.79. The van der Waals surface area contributed by atoms with E-state index < -0.39 is 5.91 Å². The van der Waals surface area contributed by atoms with Crippen LogP contribution in [0.3, 0.4) is 0 Å². The first-order valence-electron chi connectivity index (χ1n) is 14.5. The third-order valence-electron chi connectivity index (χ3n) is 8.55. The fraction of sp³-hybridized carbons (Fsp3) is 0.394. The monoisotopic (exact) mass is 557 g/mol. The molecule has 1 amide bonds. The predicted octanol–water partition coefficient (Wildman–Crippen LogP) is 6.37. The standard InChI is InChI=1S/C33H36FN3O4/c1-3-39-29-15-20(16-30(40-4-2)32(29)21-5-9-24(34)10-6-21)19-37-14-13-25-22(7-11-27(25)37)18-31-36-26-17-23(33(35)38)8-12-28(26)41-31/h5-6,8-10,12,15-17,22,25,27H,3-4,7,11,13-14,18-19H2,1-2H3,(H2,35,38)/t22?,25-,27+/m0/s1. The smallest absolute Gasteiger partial charge is 0.248 e. The zero-order valence-electron chi connectivity index (χ0n) is 23.6. The summed E-state index contributed by atoms with van der Waals surface area (Å²) in [5.74, 6) is 2.60. The maximum Gasteiger partial charge on any atom is 0.248 e. The van der Waals surface area contributed by atoms with Gasteiger partial charge in [0.2, 0.25) is 5.91 Å². The molecule has 3 atom stereocenters. The van der Waals surface area contributed by atoms with E-state index in [-0.39, 0.29) is 5.82 Å². The van der Waals surface area contributed by atoms with Gasteiger partial charge in [-0.3, -0.25) is 9.69 Å². The van der Waals surface area contributed by atoms with Crippen LogP contribution in [0.25, 0.3) is 22.2 Å². The molecule has 0 radical (unpaired) electrons. The number of aromatic nitrogens is 1. The number of carbonyl (C=O) groups excluding carboxylic acids is 1. The van der Waals surface area contributed by atoms with E-state index in [2.05, 4.69) is 22.0 Å². The lowest BCUT2D eigenvalue weighted by molar-refractivity contribution is 0.100. The minimum Gasteiger partial charge on any atom is -0.493 e. The molecule has 1 saturated carbocycles. The largest absolute Gasteiger partial charge is 0.493 e. The number of nitrogens with two attached hydrogens (primary N) is 1. The van der Waals surface area contributed by atoms with Crippen LogP contribution in [0.2, 0.25) is 0 Å². The van der Waals surface area contributed by atoms with Gasteiger partial charge < -0.3 is 19.6 Å². The second-order valence-corrected chi connectivity index (χ2v) is 11.0. The molecule has 7 nitrogen and oxygen atoms in total. The number of hydrogen-bond acceptors (Lipinski definition) is 6. The minimum atomic E-state index is -0.465. The van der Waals surface area contributed by atoms with Crippen molar-refractivity contribution in [3.63, 3.8) is 0 Å². The molecule has 8 heteroatoms. The summed E-state index contributed by atoms with van der Waals surface area (Å²) in [7, 11) is 0. The lowest BCUT2D eigenvalue weighted by Crippen LogP contribution is -2.30. The maximum absolute atomic E-state index is 13.6. The zero-order valence-corrected chi connectivity index (χ0v) is 23.6. The molecular weight excluding hydrogens is 521 g/mol. The molecular formula is C33H36FN3O4. The van der Waals surface area contributed by atoms with Crippen LogP contribution in [0.1, 0.15) is 54.9 Å². The van der Waals surface area contributed by atoms with E-state index in [1.165, 1.54) is 12.1 Å². The molecule has 1 aliphatic heterocycles. The molecule has 3 aromatic carbocycles. The van der Waals surface area contributed by atoms with Crippen molar-refractivity contribution in [1.82, 2.24) is 9.88 Å². The number of likely N-dealkylation sites (tertiary alicyclic amines) is 1. The quantitative estimate of drug-likeness (QED) is 0.244. The second-order valence-electron chi connectivity index (χ2n) is 11.0. The Balaban J connectivity index is 1.19. The summed E-state index contributed by atoms with van der Waals surface area (Å²) < 4.78 is 31.9. The molecule has 1 unspecified atom stereocenters. The van der Waals surface area contributed by atoms with Crippen LogP contribution in [-0.4, -0.2) is 41.6 Å². The first-order chi connectivity index (χ1) is 19.9. The van der Waals surface area contributed by atoms with Crippen molar-refractivity contribution in [1.29, 1.82) is 0 Å². The topological polar surface area (TPSA) is 90.8 Å². The highest BCUT2D eigenvalue weighted by Crippen LogP contribution is 2.45. The minimum absolute atomic E-state index is 0.270. The third-order valence-corrected chi connectivity index (χ3v) is 8.55. The summed E-state index contributed by atoms with van der Waals surface area (Å²) in [6.07, 6.45) is 4.22. The molecule has 1 aromatic heterocycles. The molecule has 2 heterocycles. The van der Waals surface area contributed by atoms with E-state index in [0.717, 1.165) is 72.9 Å². The summed E-state index contributed by atoms with van der Waals surface area (Å²) in [5.41, 5.74) is 10.1. The lowest BCUT2D eigenvalue weighted by Gasteiger charge is -2.25. The Bertz CT molecular complexity index is 1520. The molecule has 4 aromatic rings. The van der Waals surface area contributed by atoms with Gasteiger partial charge in [-0.2, -0.15) is 0 Å². The Morgan fingerprint density at radius 2 is 1.76 bits per heavy atom. The van der Waals surface area contributed by atoms with E-state index in [1.54, 1.807) is 30.3 Å². The van der Waals surface area contributed by atoms with Crippen LogP contribution in [0.5, 0.6) is 11.5 Å². The number of rotatable bonds is 10. The van der Waals surface area contributed by atoms with Crippen LogP contribution in [0.4, 0.5) is 4.39 Å². The number of oxazole rings is 1. The van der Waals surface area contributed by atoms with Gasteiger partial charge in [0.1, 0.15) is 22.8 Å². The van der Waals surface area contributed by atoms with Crippen molar-refractivity contribution in [3.8, 4) is 22.6 Å². The SMILES string of the molecule is CCOc1cc(CN2CC[C@H]3C(Cc4nc5cc(C(N)=O)ccc5o4)CC[C@H]32)cc(OCC)c1-c1ccc(F)cc1. The summed E-state index contributed by atoms with van der Waals surface area (Å²) in [4.78, 5) is 18.8. The molecule has 0 bridgehead atoms. The molecule has 214 valence electrons. The molecule has 6 rings (SSSR count). The average Bonchev–Trinajstić information content (AvgIpc) is 3.66. The van der Waals surface area contributed by atoms with E-state index >= 15 is 0 Å². The van der Waals surface area contributed by atoms with Gasteiger partial charge >= 0.3 is 0 Å². The van der Waals surface area contributed by atoms with Gasteiger partial charge in [-0.05, 0) is 105 Å². The van der Waals surface area contributed by atoms with E-state index in [0.29, 0.717) is 47.8 Å². The molecule has 1 aliphatic carbocycles. The maximum atomic E-state index is 13.6. The van der Waals surface area contributed by atoms with Crippen LogP contribution in [0, 0.1) is 17.7 Å². The van der Waals surface area contributed by atoms with Gasteiger partial charge in [-0.25, -0.2) is 9.37 Å². The van der Waals surface area contributed by atoms with Gasteiger partial charge in [0.25, 0.3) is 0 Å². The van der Waals surface area contributed by atoms with Crippen LogP contribution >= 0.6 is 0 Å². The average molecular weight is 558 g/mol.